The van der Waals surface area contributed by atoms with Crippen molar-refractivity contribution in [2.45, 2.75) is 17.3 Å². The number of fused-ring (bicyclic) bond motifs is 3. The standard InChI is InChI=1S/C25H17BrClFN4OS/c1-34-25-30-24-29-21-17-12-15(27)10-11-19(17)33-23(13-6-8-14(26)9-7-13)20(21)22(32(24)31-25)16-4-2-3-5-18(16)28/h2-12,22-23H,1H3,(H,29,30,31)/t22-,23-/m1/s1. The predicted molar refractivity (Wildman–Crippen MR) is 136 cm³/mol. The van der Waals surface area contributed by atoms with Gasteiger partial charge in [-0.25, -0.2) is 9.07 Å². The van der Waals surface area contributed by atoms with E-state index in [-0.39, 0.29) is 5.82 Å². The third kappa shape index (κ3) is 3.52. The van der Waals surface area contributed by atoms with E-state index in [1.165, 1.54) is 17.8 Å². The Bertz CT molecular complexity index is 1460. The van der Waals surface area contributed by atoms with E-state index >= 15 is 4.39 Å². The summed E-state index contributed by atoms with van der Waals surface area (Å²) in [7, 11) is 0. The van der Waals surface area contributed by atoms with Gasteiger partial charge in [-0.3, -0.25) is 0 Å². The van der Waals surface area contributed by atoms with Gasteiger partial charge in [0.25, 0.3) is 0 Å². The van der Waals surface area contributed by atoms with Crippen molar-refractivity contribution in [3.8, 4) is 5.75 Å². The second kappa shape index (κ2) is 8.45. The molecule has 3 heterocycles. The van der Waals surface area contributed by atoms with Gasteiger partial charge in [0.05, 0.1) is 5.70 Å². The largest absolute Gasteiger partial charge is 0.480 e. The van der Waals surface area contributed by atoms with E-state index in [9.17, 15) is 0 Å². The molecule has 0 radical (unpaired) electrons. The molecule has 0 amide bonds. The summed E-state index contributed by atoms with van der Waals surface area (Å²) in [4.78, 5) is 4.64. The topological polar surface area (TPSA) is 52.0 Å². The Hall–Kier alpha value is -2.81. The Morgan fingerprint density at radius 3 is 2.68 bits per heavy atom. The van der Waals surface area contributed by atoms with Crippen LogP contribution in [0.25, 0.3) is 5.70 Å². The van der Waals surface area contributed by atoms with Gasteiger partial charge >= 0.3 is 0 Å². The fourth-order valence-corrected chi connectivity index (χ4v) is 5.26. The Morgan fingerprint density at radius 1 is 1.12 bits per heavy atom. The SMILES string of the molecule is CSc1nc2n(n1)[C@H](c1ccccc1F)C1=C(N2)c2cc(Cl)ccc2O[C@@H]1c1ccc(Br)cc1. The van der Waals surface area contributed by atoms with E-state index in [0.29, 0.717) is 27.4 Å². The van der Waals surface area contributed by atoms with Crippen LogP contribution in [0.3, 0.4) is 0 Å². The number of anilines is 1. The van der Waals surface area contributed by atoms with Crippen molar-refractivity contribution in [2.75, 3.05) is 11.6 Å². The average Bonchev–Trinajstić information content (AvgIpc) is 3.26. The maximum atomic E-state index is 15.3. The molecule has 2 atom stereocenters. The number of benzene rings is 3. The molecule has 3 aromatic carbocycles. The molecule has 6 rings (SSSR count). The Kier molecular flexibility index (Phi) is 5.39. The maximum absolute atomic E-state index is 15.3. The van der Waals surface area contributed by atoms with Crippen LogP contribution in [0.15, 0.2) is 81.9 Å². The first-order valence-electron chi connectivity index (χ1n) is 10.5. The van der Waals surface area contributed by atoms with Gasteiger partial charge in [-0.1, -0.05) is 69.6 Å². The van der Waals surface area contributed by atoms with Crippen LogP contribution in [-0.2, 0) is 0 Å². The smallest absolute Gasteiger partial charge is 0.227 e. The van der Waals surface area contributed by atoms with Gasteiger partial charge in [0.15, 0.2) is 0 Å². The van der Waals surface area contributed by atoms with Gasteiger partial charge in [-0.2, -0.15) is 4.98 Å². The fraction of sp³-hybridized carbons (Fsp3) is 0.120. The first kappa shape index (κ1) is 21.7. The van der Waals surface area contributed by atoms with E-state index in [2.05, 4.69) is 26.2 Å². The third-order valence-electron chi connectivity index (χ3n) is 5.97. The summed E-state index contributed by atoms with van der Waals surface area (Å²) in [5.41, 5.74) is 3.88. The van der Waals surface area contributed by atoms with Crippen LogP contribution in [0.4, 0.5) is 10.3 Å². The van der Waals surface area contributed by atoms with Crippen molar-refractivity contribution in [3.05, 3.63) is 104 Å². The number of halogens is 3. The van der Waals surface area contributed by atoms with Crippen molar-refractivity contribution in [3.63, 3.8) is 0 Å². The number of aromatic nitrogens is 3. The lowest BCUT2D eigenvalue weighted by molar-refractivity contribution is 0.222. The molecule has 0 saturated heterocycles. The number of nitrogens with one attached hydrogen (secondary N) is 1. The highest BCUT2D eigenvalue weighted by atomic mass is 79.9. The lowest BCUT2D eigenvalue weighted by atomic mass is 9.84. The molecular weight excluding hydrogens is 539 g/mol. The molecule has 1 aromatic heterocycles. The number of ether oxygens (including phenoxy) is 1. The summed E-state index contributed by atoms with van der Waals surface area (Å²) >= 11 is 11.3. The zero-order chi connectivity index (χ0) is 23.4. The minimum Gasteiger partial charge on any atom is -0.480 e. The van der Waals surface area contributed by atoms with Crippen LogP contribution in [-0.4, -0.2) is 21.0 Å². The van der Waals surface area contributed by atoms with Crippen LogP contribution in [0.2, 0.25) is 5.02 Å². The summed E-state index contributed by atoms with van der Waals surface area (Å²) in [5, 5.41) is 9.32. The van der Waals surface area contributed by atoms with E-state index in [4.69, 9.17) is 21.4 Å². The van der Waals surface area contributed by atoms with Gasteiger partial charge in [0, 0.05) is 26.2 Å². The third-order valence-corrected chi connectivity index (χ3v) is 7.27. The molecule has 2 aliphatic heterocycles. The average molecular weight is 556 g/mol. The maximum Gasteiger partial charge on any atom is 0.227 e. The molecule has 0 aliphatic carbocycles. The first-order valence-corrected chi connectivity index (χ1v) is 12.9. The molecule has 9 heteroatoms. The number of hydrogen-bond donors (Lipinski definition) is 1. The lowest BCUT2D eigenvalue weighted by Crippen LogP contribution is -2.32. The van der Waals surface area contributed by atoms with Crippen LogP contribution in [0, 0.1) is 5.82 Å². The van der Waals surface area contributed by atoms with E-state index in [1.807, 2.05) is 48.7 Å². The molecule has 5 nitrogen and oxygen atoms in total. The monoisotopic (exact) mass is 554 g/mol. The van der Waals surface area contributed by atoms with Crippen LogP contribution in [0.5, 0.6) is 5.75 Å². The highest BCUT2D eigenvalue weighted by Gasteiger charge is 2.42. The Morgan fingerprint density at radius 2 is 1.91 bits per heavy atom. The van der Waals surface area contributed by atoms with Gasteiger partial charge in [0.2, 0.25) is 11.1 Å². The number of rotatable bonds is 3. The second-order valence-corrected chi connectivity index (χ2v) is 10.1. The molecular formula is C25H17BrClFN4OS. The highest BCUT2D eigenvalue weighted by molar-refractivity contribution is 9.10. The van der Waals surface area contributed by atoms with Gasteiger partial charge in [-0.15, -0.1) is 5.10 Å². The molecule has 0 saturated carbocycles. The fourth-order valence-electron chi connectivity index (χ4n) is 4.48. The second-order valence-electron chi connectivity index (χ2n) is 7.94. The quantitative estimate of drug-likeness (QED) is 0.273. The van der Waals surface area contributed by atoms with E-state index < -0.39 is 12.1 Å². The minimum atomic E-state index is -0.568. The molecule has 170 valence electrons. The number of nitrogens with zero attached hydrogens (tertiary/aromatic N) is 3. The van der Waals surface area contributed by atoms with Crippen LogP contribution in [0.1, 0.15) is 28.8 Å². The van der Waals surface area contributed by atoms with Crippen molar-refractivity contribution in [1.82, 2.24) is 14.8 Å². The minimum absolute atomic E-state index is 0.320. The molecule has 2 aliphatic rings. The zero-order valence-electron chi connectivity index (χ0n) is 17.8. The summed E-state index contributed by atoms with van der Waals surface area (Å²) in [6.45, 7) is 0. The Labute approximate surface area is 213 Å². The normalized spacial score (nSPS) is 18.5. The first-order chi connectivity index (χ1) is 16.5. The summed E-state index contributed by atoms with van der Waals surface area (Å²) in [6, 6.07) is 19.7. The lowest BCUT2D eigenvalue weighted by Gasteiger charge is -2.39. The van der Waals surface area contributed by atoms with E-state index in [1.54, 1.807) is 22.9 Å². The molecule has 0 spiro atoms. The molecule has 0 fully saturated rings. The summed E-state index contributed by atoms with van der Waals surface area (Å²) in [6.07, 6.45) is 1.43. The summed E-state index contributed by atoms with van der Waals surface area (Å²) in [5.74, 6) is 0.910. The predicted octanol–water partition coefficient (Wildman–Crippen LogP) is 7.11. The highest BCUT2D eigenvalue weighted by Crippen LogP contribution is 2.51. The van der Waals surface area contributed by atoms with Gasteiger partial charge in [-0.05, 0) is 48.2 Å². The van der Waals surface area contributed by atoms with Crippen LogP contribution < -0.4 is 10.1 Å². The molecule has 1 N–H and O–H groups in total. The summed E-state index contributed by atoms with van der Waals surface area (Å²) < 4.78 is 24.5. The van der Waals surface area contributed by atoms with Crippen molar-refractivity contribution in [2.24, 2.45) is 0 Å². The molecule has 4 aromatic rings. The molecule has 0 bridgehead atoms. The van der Waals surface area contributed by atoms with Crippen molar-refractivity contribution < 1.29 is 9.13 Å². The molecule has 34 heavy (non-hydrogen) atoms. The van der Waals surface area contributed by atoms with Crippen LogP contribution >= 0.6 is 39.3 Å². The van der Waals surface area contributed by atoms with Crippen molar-refractivity contribution >= 4 is 50.9 Å². The van der Waals surface area contributed by atoms with Crippen molar-refractivity contribution in [1.29, 1.82) is 0 Å². The molecule has 0 unspecified atom stereocenters. The zero-order valence-corrected chi connectivity index (χ0v) is 21.0. The van der Waals surface area contributed by atoms with Gasteiger partial charge in [0.1, 0.15) is 23.7 Å². The Balaban J connectivity index is 1.66. The number of thioether (sulfide) groups is 1. The van der Waals surface area contributed by atoms with Gasteiger partial charge < -0.3 is 10.1 Å². The van der Waals surface area contributed by atoms with E-state index in [0.717, 1.165) is 26.9 Å². The number of hydrogen-bond acceptors (Lipinski definition) is 5.